The molecule has 0 aromatic heterocycles. The first-order chi connectivity index (χ1) is 7.39. The summed E-state index contributed by atoms with van der Waals surface area (Å²) in [4.78, 5) is 0. The first-order valence-electron chi connectivity index (χ1n) is 6.22. The average molecular weight is 218 g/mol. The molecule has 0 saturated carbocycles. The van der Waals surface area contributed by atoms with Gasteiger partial charge in [0, 0.05) is 0 Å². The van der Waals surface area contributed by atoms with E-state index in [1.165, 1.54) is 11.1 Å². The molecule has 16 heavy (non-hydrogen) atoms. The van der Waals surface area contributed by atoms with Gasteiger partial charge in [-0.05, 0) is 40.9 Å². The maximum atomic E-state index is 10.1. The zero-order valence-electron chi connectivity index (χ0n) is 10.7. The van der Waals surface area contributed by atoms with Crippen LogP contribution in [-0.2, 0) is 5.41 Å². The van der Waals surface area contributed by atoms with Gasteiger partial charge in [0.05, 0.1) is 6.10 Å². The van der Waals surface area contributed by atoms with Crippen molar-refractivity contribution in [3.8, 4) is 0 Å². The van der Waals surface area contributed by atoms with Crippen LogP contribution in [0.1, 0.15) is 69.2 Å². The van der Waals surface area contributed by atoms with Crippen molar-refractivity contribution in [3.05, 3.63) is 34.9 Å². The fraction of sp³-hybridized carbons (Fsp3) is 0.600. The molecule has 0 amide bonds. The van der Waals surface area contributed by atoms with Crippen molar-refractivity contribution < 1.29 is 5.11 Å². The van der Waals surface area contributed by atoms with Crippen molar-refractivity contribution in [2.75, 3.05) is 0 Å². The van der Waals surface area contributed by atoms with E-state index in [0.29, 0.717) is 5.92 Å². The lowest BCUT2D eigenvalue weighted by atomic mass is 9.78. The number of fused-ring (bicyclic) bond motifs is 1. The second kappa shape index (κ2) is 3.89. The van der Waals surface area contributed by atoms with Crippen LogP contribution in [0.4, 0.5) is 0 Å². The van der Waals surface area contributed by atoms with Crippen LogP contribution in [0.25, 0.3) is 0 Å². The number of aliphatic hydroxyl groups excluding tert-OH is 1. The van der Waals surface area contributed by atoms with Gasteiger partial charge in [0.15, 0.2) is 0 Å². The van der Waals surface area contributed by atoms with Gasteiger partial charge in [-0.15, -0.1) is 0 Å². The fourth-order valence-corrected chi connectivity index (χ4v) is 2.50. The molecule has 1 aliphatic rings. The molecular formula is C15H22O. The lowest BCUT2D eigenvalue weighted by Gasteiger charge is -2.29. The van der Waals surface area contributed by atoms with Gasteiger partial charge in [-0.25, -0.2) is 0 Å². The maximum absolute atomic E-state index is 10.1. The van der Waals surface area contributed by atoms with Crippen LogP contribution < -0.4 is 0 Å². The third-order valence-electron chi connectivity index (χ3n) is 3.72. The molecule has 2 unspecified atom stereocenters. The van der Waals surface area contributed by atoms with Crippen LogP contribution in [0.15, 0.2) is 18.2 Å². The van der Waals surface area contributed by atoms with Crippen LogP contribution >= 0.6 is 0 Å². The summed E-state index contributed by atoms with van der Waals surface area (Å²) in [6.07, 6.45) is 1.75. The molecule has 0 fully saturated rings. The molecular weight excluding hydrogens is 196 g/mol. The van der Waals surface area contributed by atoms with Crippen molar-refractivity contribution >= 4 is 0 Å². The van der Waals surface area contributed by atoms with Crippen LogP contribution in [0.5, 0.6) is 0 Å². The monoisotopic (exact) mass is 218 g/mol. The van der Waals surface area contributed by atoms with E-state index in [4.69, 9.17) is 0 Å². The highest BCUT2D eigenvalue weighted by atomic mass is 16.3. The minimum Gasteiger partial charge on any atom is -0.388 e. The Morgan fingerprint density at radius 1 is 1.12 bits per heavy atom. The van der Waals surface area contributed by atoms with Gasteiger partial charge in [0.2, 0.25) is 0 Å². The molecule has 1 aromatic carbocycles. The molecule has 2 rings (SSSR count). The maximum Gasteiger partial charge on any atom is 0.0793 e. The molecule has 0 heterocycles. The summed E-state index contributed by atoms with van der Waals surface area (Å²) in [5.74, 6) is 0.590. The summed E-state index contributed by atoms with van der Waals surface area (Å²) >= 11 is 0. The highest BCUT2D eigenvalue weighted by Crippen LogP contribution is 2.39. The average Bonchev–Trinajstić information content (AvgIpc) is 2.22. The van der Waals surface area contributed by atoms with E-state index < -0.39 is 0 Å². The van der Waals surface area contributed by atoms with E-state index in [9.17, 15) is 5.11 Å². The summed E-state index contributed by atoms with van der Waals surface area (Å²) < 4.78 is 0. The molecule has 1 nitrogen and oxygen atoms in total. The number of hydrogen-bond acceptors (Lipinski definition) is 1. The van der Waals surface area contributed by atoms with Gasteiger partial charge in [0.25, 0.3) is 0 Å². The molecule has 0 spiro atoms. The SMILES string of the molecule is CC1CCC(O)c2cc(C(C)(C)C)ccc21. The smallest absolute Gasteiger partial charge is 0.0793 e. The second-order valence-electron chi connectivity index (χ2n) is 6.09. The highest BCUT2D eigenvalue weighted by Gasteiger charge is 2.25. The fourth-order valence-electron chi connectivity index (χ4n) is 2.50. The van der Waals surface area contributed by atoms with Crippen LogP contribution in [0, 0.1) is 0 Å². The first kappa shape index (κ1) is 11.7. The normalized spacial score (nSPS) is 25.3. The van der Waals surface area contributed by atoms with E-state index >= 15 is 0 Å². The molecule has 88 valence electrons. The number of rotatable bonds is 0. The molecule has 1 N–H and O–H groups in total. The standard InChI is InChI=1S/C15H22O/c1-10-5-8-14(16)13-9-11(15(2,3)4)6-7-12(10)13/h6-7,9-10,14,16H,5,8H2,1-4H3. The summed E-state index contributed by atoms with van der Waals surface area (Å²) in [6, 6.07) is 6.63. The number of benzene rings is 1. The second-order valence-corrected chi connectivity index (χ2v) is 6.09. The third kappa shape index (κ3) is 2.01. The van der Waals surface area contributed by atoms with Crippen molar-refractivity contribution in [2.24, 2.45) is 0 Å². The van der Waals surface area contributed by atoms with E-state index in [2.05, 4.69) is 45.9 Å². The van der Waals surface area contributed by atoms with E-state index in [1.54, 1.807) is 0 Å². The molecule has 2 atom stereocenters. The molecule has 0 aliphatic heterocycles. The lowest BCUT2D eigenvalue weighted by Crippen LogP contribution is -2.16. The van der Waals surface area contributed by atoms with Gasteiger partial charge in [-0.2, -0.15) is 0 Å². The van der Waals surface area contributed by atoms with Gasteiger partial charge >= 0.3 is 0 Å². The van der Waals surface area contributed by atoms with Gasteiger partial charge in [-0.1, -0.05) is 45.9 Å². The summed E-state index contributed by atoms with van der Waals surface area (Å²) in [6.45, 7) is 8.90. The zero-order valence-corrected chi connectivity index (χ0v) is 10.7. The lowest BCUT2D eigenvalue weighted by molar-refractivity contribution is 0.151. The summed E-state index contributed by atoms with van der Waals surface area (Å²) in [7, 11) is 0. The van der Waals surface area contributed by atoms with Crippen LogP contribution in [0.2, 0.25) is 0 Å². The van der Waals surface area contributed by atoms with Crippen molar-refractivity contribution in [2.45, 2.75) is 58.0 Å². The molecule has 0 bridgehead atoms. The van der Waals surface area contributed by atoms with Gasteiger partial charge in [-0.3, -0.25) is 0 Å². The van der Waals surface area contributed by atoms with Crippen molar-refractivity contribution in [1.29, 1.82) is 0 Å². The van der Waals surface area contributed by atoms with Crippen LogP contribution in [-0.4, -0.2) is 5.11 Å². The Labute approximate surface area is 98.5 Å². The Kier molecular flexibility index (Phi) is 2.83. The van der Waals surface area contributed by atoms with Gasteiger partial charge in [0.1, 0.15) is 0 Å². The topological polar surface area (TPSA) is 20.2 Å². The molecule has 1 aromatic rings. The minimum absolute atomic E-state index is 0.162. The quantitative estimate of drug-likeness (QED) is 0.700. The van der Waals surface area contributed by atoms with Crippen molar-refractivity contribution in [3.63, 3.8) is 0 Å². The Morgan fingerprint density at radius 2 is 1.81 bits per heavy atom. The van der Waals surface area contributed by atoms with Crippen LogP contribution in [0.3, 0.4) is 0 Å². The number of hydrogen-bond donors (Lipinski definition) is 1. The summed E-state index contributed by atoms with van der Waals surface area (Å²) in [5, 5.41) is 10.1. The molecule has 1 aliphatic carbocycles. The highest BCUT2D eigenvalue weighted by molar-refractivity contribution is 5.39. The largest absolute Gasteiger partial charge is 0.388 e. The molecule has 0 saturated heterocycles. The minimum atomic E-state index is -0.256. The van der Waals surface area contributed by atoms with E-state index in [1.807, 2.05) is 0 Å². The molecule has 0 radical (unpaired) electrons. The predicted octanol–water partition coefficient (Wildman–Crippen LogP) is 3.91. The zero-order chi connectivity index (χ0) is 11.9. The van der Waals surface area contributed by atoms with Gasteiger partial charge < -0.3 is 5.11 Å². The Balaban J connectivity index is 2.48. The predicted molar refractivity (Wildman–Crippen MR) is 67.8 cm³/mol. The molecule has 1 heteroatoms. The first-order valence-corrected chi connectivity index (χ1v) is 6.22. The Bertz CT molecular complexity index is 387. The summed E-state index contributed by atoms with van der Waals surface area (Å²) in [5.41, 5.74) is 3.98. The van der Waals surface area contributed by atoms with Crippen molar-refractivity contribution in [1.82, 2.24) is 0 Å². The third-order valence-corrected chi connectivity index (χ3v) is 3.72. The van der Waals surface area contributed by atoms with E-state index in [-0.39, 0.29) is 11.5 Å². The Hall–Kier alpha value is -0.820. The number of aliphatic hydroxyl groups is 1. The Morgan fingerprint density at radius 3 is 2.44 bits per heavy atom. The van der Waals surface area contributed by atoms with E-state index in [0.717, 1.165) is 18.4 Å².